The lowest BCUT2D eigenvalue weighted by Gasteiger charge is -2.32. The van der Waals surface area contributed by atoms with Crippen LogP contribution < -0.4 is 5.32 Å². The Morgan fingerprint density at radius 3 is 2.88 bits per heavy atom. The first-order valence-corrected chi connectivity index (χ1v) is 5.86. The molecule has 16 heavy (non-hydrogen) atoms. The second-order valence-corrected chi connectivity index (χ2v) is 4.30. The SMILES string of the molecule is CN1CCN(CCNCc2ccno2)CC1. The van der Waals surface area contributed by atoms with Crippen molar-refractivity contribution >= 4 is 0 Å². The maximum Gasteiger partial charge on any atom is 0.150 e. The van der Waals surface area contributed by atoms with E-state index in [4.69, 9.17) is 4.52 Å². The monoisotopic (exact) mass is 224 g/mol. The van der Waals surface area contributed by atoms with Crippen LogP contribution in [0.1, 0.15) is 5.76 Å². The summed E-state index contributed by atoms with van der Waals surface area (Å²) in [7, 11) is 2.18. The second-order valence-electron chi connectivity index (χ2n) is 4.30. The number of nitrogens with zero attached hydrogens (tertiary/aromatic N) is 3. The Kier molecular flexibility index (Phi) is 4.33. The summed E-state index contributed by atoms with van der Waals surface area (Å²) >= 11 is 0. The molecule has 0 radical (unpaired) electrons. The van der Waals surface area contributed by atoms with Crippen molar-refractivity contribution in [3.63, 3.8) is 0 Å². The number of rotatable bonds is 5. The summed E-state index contributed by atoms with van der Waals surface area (Å²) in [6.45, 7) is 7.62. The molecule has 1 aromatic heterocycles. The molecule has 1 N–H and O–H groups in total. The van der Waals surface area contributed by atoms with Crippen LogP contribution in [0.4, 0.5) is 0 Å². The molecule has 0 aliphatic carbocycles. The van der Waals surface area contributed by atoms with Crippen LogP contribution in [0.2, 0.25) is 0 Å². The summed E-state index contributed by atoms with van der Waals surface area (Å²) in [5.74, 6) is 0.901. The van der Waals surface area contributed by atoms with Crippen molar-refractivity contribution in [2.75, 3.05) is 46.3 Å². The summed E-state index contributed by atoms with van der Waals surface area (Å²) in [4.78, 5) is 4.87. The fraction of sp³-hybridized carbons (Fsp3) is 0.727. The zero-order chi connectivity index (χ0) is 11.2. The Bertz CT molecular complexity index is 280. The fourth-order valence-corrected chi connectivity index (χ4v) is 1.85. The van der Waals surface area contributed by atoms with E-state index in [1.807, 2.05) is 6.07 Å². The quantitative estimate of drug-likeness (QED) is 0.714. The van der Waals surface area contributed by atoms with Gasteiger partial charge >= 0.3 is 0 Å². The third kappa shape index (κ3) is 3.59. The van der Waals surface area contributed by atoms with Crippen LogP contribution in [-0.2, 0) is 6.54 Å². The highest BCUT2D eigenvalue weighted by Crippen LogP contribution is 1.98. The lowest BCUT2D eigenvalue weighted by atomic mass is 10.3. The molecule has 0 atom stereocenters. The molecule has 1 aromatic rings. The number of likely N-dealkylation sites (N-methyl/N-ethyl adjacent to an activating group) is 1. The summed E-state index contributed by atoms with van der Waals surface area (Å²) in [6, 6.07) is 1.89. The number of piperazine rings is 1. The van der Waals surface area contributed by atoms with E-state index >= 15 is 0 Å². The Labute approximate surface area is 96.4 Å². The maximum atomic E-state index is 5.01. The Balaban J connectivity index is 1.55. The van der Waals surface area contributed by atoms with Gasteiger partial charge in [0, 0.05) is 45.3 Å². The summed E-state index contributed by atoms with van der Waals surface area (Å²) in [5.41, 5.74) is 0. The minimum Gasteiger partial charge on any atom is -0.360 e. The summed E-state index contributed by atoms with van der Waals surface area (Å²) in [5, 5.41) is 7.03. The van der Waals surface area contributed by atoms with Crippen molar-refractivity contribution in [2.45, 2.75) is 6.54 Å². The van der Waals surface area contributed by atoms with Crippen LogP contribution in [0.15, 0.2) is 16.8 Å². The minimum atomic E-state index is 0.772. The predicted octanol–water partition coefficient (Wildman–Crippen LogP) is 0.0116. The van der Waals surface area contributed by atoms with Gasteiger partial charge in [0.2, 0.25) is 0 Å². The highest BCUT2D eigenvalue weighted by molar-refractivity contribution is 4.91. The van der Waals surface area contributed by atoms with Crippen LogP contribution in [0, 0.1) is 0 Å². The molecule has 0 saturated carbocycles. The van der Waals surface area contributed by atoms with Gasteiger partial charge in [-0.3, -0.25) is 4.90 Å². The van der Waals surface area contributed by atoms with Gasteiger partial charge in [-0.1, -0.05) is 5.16 Å². The zero-order valence-corrected chi connectivity index (χ0v) is 9.85. The van der Waals surface area contributed by atoms with Gasteiger partial charge in [0.1, 0.15) is 5.76 Å². The summed E-state index contributed by atoms with van der Waals surface area (Å²) in [6.07, 6.45) is 1.68. The smallest absolute Gasteiger partial charge is 0.150 e. The van der Waals surface area contributed by atoms with Crippen molar-refractivity contribution in [3.8, 4) is 0 Å². The van der Waals surface area contributed by atoms with Crippen LogP contribution in [0.5, 0.6) is 0 Å². The first kappa shape index (κ1) is 11.6. The van der Waals surface area contributed by atoms with E-state index in [9.17, 15) is 0 Å². The predicted molar refractivity (Wildman–Crippen MR) is 62.1 cm³/mol. The molecule has 5 heteroatoms. The van der Waals surface area contributed by atoms with E-state index in [0.717, 1.165) is 25.4 Å². The van der Waals surface area contributed by atoms with Gasteiger partial charge < -0.3 is 14.7 Å². The Morgan fingerprint density at radius 1 is 1.38 bits per heavy atom. The van der Waals surface area contributed by atoms with Crippen molar-refractivity contribution < 1.29 is 4.52 Å². The van der Waals surface area contributed by atoms with Crippen molar-refractivity contribution in [1.29, 1.82) is 0 Å². The van der Waals surface area contributed by atoms with E-state index < -0.39 is 0 Å². The average Bonchev–Trinajstić information content (AvgIpc) is 2.80. The lowest BCUT2D eigenvalue weighted by Crippen LogP contribution is -2.46. The van der Waals surface area contributed by atoms with Crippen molar-refractivity contribution in [1.82, 2.24) is 20.3 Å². The molecule has 2 heterocycles. The molecule has 1 aliphatic heterocycles. The molecule has 0 unspecified atom stereocenters. The second kappa shape index (κ2) is 5.98. The molecule has 5 nitrogen and oxygen atoms in total. The van der Waals surface area contributed by atoms with Gasteiger partial charge in [-0.05, 0) is 7.05 Å². The normalized spacial score (nSPS) is 19.1. The molecule has 0 bridgehead atoms. The number of aromatic nitrogens is 1. The van der Waals surface area contributed by atoms with E-state index in [1.165, 1.54) is 26.2 Å². The molecule has 2 rings (SSSR count). The molecular weight excluding hydrogens is 204 g/mol. The Hall–Kier alpha value is -0.910. The first-order valence-electron chi connectivity index (χ1n) is 5.86. The molecule has 1 saturated heterocycles. The molecule has 1 aliphatic rings. The van der Waals surface area contributed by atoms with Crippen LogP contribution in [-0.4, -0.2) is 61.3 Å². The van der Waals surface area contributed by atoms with E-state index in [1.54, 1.807) is 6.20 Å². The first-order chi connectivity index (χ1) is 7.84. The van der Waals surface area contributed by atoms with Gasteiger partial charge in [-0.25, -0.2) is 0 Å². The van der Waals surface area contributed by atoms with E-state index in [2.05, 4.69) is 27.3 Å². The molecule has 1 fully saturated rings. The third-order valence-corrected chi connectivity index (χ3v) is 2.99. The highest BCUT2D eigenvalue weighted by Gasteiger charge is 2.12. The van der Waals surface area contributed by atoms with Gasteiger partial charge in [-0.15, -0.1) is 0 Å². The van der Waals surface area contributed by atoms with Gasteiger partial charge in [0.25, 0.3) is 0 Å². The number of hydrogen-bond acceptors (Lipinski definition) is 5. The standard InChI is InChI=1S/C11H20N4O/c1-14-6-8-15(9-7-14)5-4-12-10-11-2-3-13-16-11/h2-3,12H,4-10H2,1H3. The molecule has 0 amide bonds. The molecule has 0 aromatic carbocycles. The van der Waals surface area contributed by atoms with Crippen LogP contribution >= 0.6 is 0 Å². The van der Waals surface area contributed by atoms with Crippen LogP contribution in [0.25, 0.3) is 0 Å². The molecule has 0 spiro atoms. The van der Waals surface area contributed by atoms with Crippen molar-refractivity contribution in [2.24, 2.45) is 0 Å². The highest BCUT2D eigenvalue weighted by atomic mass is 16.5. The molecule has 90 valence electrons. The Morgan fingerprint density at radius 2 is 2.19 bits per heavy atom. The third-order valence-electron chi connectivity index (χ3n) is 2.99. The van der Waals surface area contributed by atoms with E-state index in [-0.39, 0.29) is 0 Å². The number of hydrogen-bond donors (Lipinski definition) is 1. The van der Waals surface area contributed by atoms with E-state index in [0.29, 0.717) is 0 Å². The fourth-order valence-electron chi connectivity index (χ4n) is 1.85. The molecular formula is C11H20N4O. The van der Waals surface area contributed by atoms with Gasteiger partial charge in [-0.2, -0.15) is 0 Å². The lowest BCUT2D eigenvalue weighted by molar-refractivity contribution is 0.154. The van der Waals surface area contributed by atoms with Gasteiger partial charge in [0.05, 0.1) is 12.7 Å². The van der Waals surface area contributed by atoms with Gasteiger partial charge in [0.15, 0.2) is 0 Å². The van der Waals surface area contributed by atoms with Crippen molar-refractivity contribution in [3.05, 3.63) is 18.0 Å². The largest absolute Gasteiger partial charge is 0.360 e. The average molecular weight is 224 g/mol. The zero-order valence-electron chi connectivity index (χ0n) is 9.85. The number of nitrogens with one attached hydrogen (secondary N) is 1. The summed E-state index contributed by atoms with van der Waals surface area (Å²) < 4.78 is 5.01. The minimum absolute atomic E-state index is 0.772. The van der Waals surface area contributed by atoms with Crippen LogP contribution in [0.3, 0.4) is 0 Å². The maximum absolute atomic E-state index is 5.01. The topological polar surface area (TPSA) is 44.5 Å².